The maximum Gasteiger partial charge on any atom is 0.242 e. The summed E-state index contributed by atoms with van der Waals surface area (Å²) in [6, 6.07) is 2.82. The van der Waals surface area contributed by atoms with Crippen molar-refractivity contribution in [2.75, 3.05) is 5.32 Å². The van der Waals surface area contributed by atoms with Crippen LogP contribution in [0, 0.1) is 18.2 Å². The van der Waals surface area contributed by atoms with E-state index in [-0.39, 0.29) is 17.1 Å². The molecular weight excluding hydrogens is 231 g/mol. The van der Waals surface area contributed by atoms with Crippen LogP contribution in [0.25, 0.3) is 0 Å². The summed E-state index contributed by atoms with van der Waals surface area (Å²) in [5.41, 5.74) is 5.65. The van der Waals surface area contributed by atoms with E-state index >= 15 is 0 Å². The summed E-state index contributed by atoms with van der Waals surface area (Å²) >= 11 is 5.76. The zero-order chi connectivity index (χ0) is 12.1. The van der Waals surface area contributed by atoms with E-state index in [2.05, 4.69) is 11.2 Å². The normalized spacial score (nSPS) is 11.6. The number of nitrogens with one attached hydrogen (secondary N) is 1. The fourth-order valence-corrected chi connectivity index (χ4v) is 1.20. The first-order valence-electron chi connectivity index (χ1n) is 4.49. The molecule has 0 heterocycles. The van der Waals surface area contributed by atoms with Crippen LogP contribution in [0.1, 0.15) is 6.42 Å². The van der Waals surface area contributed by atoms with Crippen LogP contribution < -0.4 is 11.1 Å². The van der Waals surface area contributed by atoms with Crippen LogP contribution in [0.3, 0.4) is 0 Å². The third kappa shape index (κ3) is 3.23. The van der Waals surface area contributed by atoms with E-state index in [9.17, 15) is 9.18 Å². The van der Waals surface area contributed by atoms with E-state index in [0.29, 0.717) is 0 Å². The molecule has 1 aromatic rings. The minimum atomic E-state index is -0.829. The quantitative estimate of drug-likeness (QED) is 0.792. The van der Waals surface area contributed by atoms with Crippen LogP contribution in [0.2, 0.25) is 5.02 Å². The summed E-state index contributed by atoms with van der Waals surface area (Å²) < 4.78 is 12.9. The summed E-state index contributed by atoms with van der Waals surface area (Å²) in [5.74, 6) is 1.28. The number of amides is 1. The molecule has 0 radical (unpaired) electrons. The second-order valence-electron chi connectivity index (χ2n) is 3.13. The van der Waals surface area contributed by atoms with Crippen molar-refractivity contribution in [1.82, 2.24) is 0 Å². The summed E-state index contributed by atoms with van der Waals surface area (Å²) in [6.45, 7) is 0. The maximum absolute atomic E-state index is 12.9. The van der Waals surface area contributed by atoms with Gasteiger partial charge in [-0.1, -0.05) is 11.6 Å². The third-order valence-electron chi connectivity index (χ3n) is 1.86. The zero-order valence-corrected chi connectivity index (χ0v) is 9.09. The first-order chi connectivity index (χ1) is 7.54. The topological polar surface area (TPSA) is 55.1 Å². The molecule has 0 saturated carbocycles. The highest BCUT2D eigenvalue weighted by molar-refractivity contribution is 6.33. The van der Waals surface area contributed by atoms with Gasteiger partial charge in [0.2, 0.25) is 5.91 Å². The molecule has 1 amide bonds. The molecule has 1 rings (SSSR count). The Kier molecular flexibility index (Phi) is 4.29. The molecule has 1 atom stereocenters. The average Bonchev–Trinajstić information content (AvgIpc) is 2.23. The minimum absolute atomic E-state index is 0.110. The first-order valence-corrected chi connectivity index (χ1v) is 4.87. The van der Waals surface area contributed by atoms with Gasteiger partial charge in [-0.15, -0.1) is 12.3 Å². The van der Waals surface area contributed by atoms with Crippen molar-refractivity contribution >= 4 is 23.2 Å². The van der Waals surface area contributed by atoms with Gasteiger partial charge in [0.1, 0.15) is 5.82 Å². The molecule has 0 aliphatic rings. The van der Waals surface area contributed by atoms with Crippen molar-refractivity contribution in [1.29, 1.82) is 0 Å². The molecule has 3 N–H and O–H groups in total. The lowest BCUT2D eigenvalue weighted by molar-refractivity contribution is -0.117. The zero-order valence-electron chi connectivity index (χ0n) is 8.34. The van der Waals surface area contributed by atoms with Gasteiger partial charge in [-0.25, -0.2) is 4.39 Å². The smallest absolute Gasteiger partial charge is 0.242 e. The SMILES string of the molecule is C#CCC(N)C(=O)Nc1cc(F)ccc1Cl. The monoisotopic (exact) mass is 240 g/mol. The average molecular weight is 241 g/mol. The van der Waals surface area contributed by atoms with Crippen molar-refractivity contribution in [2.24, 2.45) is 5.73 Å². The van der Waals surface area contributed by atoms with E-state index < -0.39 is 17.8 Å². The molecule has 84 valence electrons. The summed E-state index contributed by atoms with van der Waals surface area (Å²) in [6.07, 6.45) is 5.13. The van der Waals surface area contributed by atoms with Crippen LogP contribution in [0.4, 0.5) is 10.1 Å². The molecule has 0 aliphatic carbocycles. The van der Waals surface area contributed by atoms with Crippen LogP contribution >= 0.6 is 11.6 Å². The Hall–Kier alpha value is -1.57. The highest BCUT2D eigenvalue weighted by Crippen LogP contribution is 2.22. The fraction of sp³-hybridized carbons (Fsp3) is 0.182. The lowest BCUT2D eigenvalue weighted by Gasteiger charge is -2.10. The lowest BCUT2D eigenvalue weighted by atomic mass is 10.2. The van der Waals surface area contributed by atoms with Crippen molar-refractivity contribution in [2.45, 2.75) is 12.5 Å². The predicted octanol–water partition coefficient (Wildman–Crippen LogP) is 1.77. The van der Waals surface area contributed by atoms with E-state index in [1.807, 2.05) is 0 Å². The molecule has 1 unspecified atom stereocenters. The lowest BCUT2D eigenvalue weighted by Crippen LogP contribution is -2.35. The van der Waals surface area contributed by atoms with Gasteiger partial charge < -0.3 is 11.1 Å². The minimum Gasteiger partial charge on any atom is -0.323 e. The number of halogens is 2. The Morgan fingerprint density at radius 3 is 3.00 bits per heavy atom. The van der Waals surface area contributed by atoms with Crippen molar-refractivity contribution in [3.05, 3.63) is 29.0 Å². The molecule has 0 spiro atoms. The second-order valence-corrected chi connectivity index (χ2v) is 3.54. The number of benzene rings is 1. The van der Waals surface area contributed by atoms with Crippen LogP contribution in [-0.2, 0) is 4.79 Å². The molecule has 1 aromatic carbocycles. The van der Waals surface area contributed by atoms with Gasteiger partial charge in [0, 0.05) is 6.42 Å². The van der Waals surface area contributed by atoms with E-state index in [0.717, 1.165) is 6.07 Å². The second kappa shape index (κ2) is 5.50. The summed E-state index contributed by atoms with van der Waals surface area (Å²) in [7, 11) is 0. The van der Waals surface area contributed by atoms with Gasteiger partial charge in [-0.3, -0.25) is 4.79 Å². The Labute approximate surface area is 97.8 Å². The number of terminal acetylenes is 1. The number of carbonyl (C=O) groups is 1. The number of hydrogen-bond acceptors (Lipinski definition) is 2. The Morgan fingerprint density at radius 2 is 2.38 bits per heavy atom. The molecular formula is C11H10ClFN2O. The number of nitrogens with two attached hydrogens (primary N) is 1. The highest BCUT2D eigenvalue weighted by atomic mass is 35.5. The van der Waals surface area contributed by atoms with Gasteiger partial charge in [0.15, 0.2) is 0 Å². The maximum atomic E-state index is 12.9. The predicted molar refractivity (Wildman–Crippen MR) is 61.5 cm³/mol. The number of anilines is 1. The number of rotatable bonds is 3. The van der Waals surface area contributed by atoms with Crippen molar-refractivity contribution in [3.8, 4) is 12.3 Å². The fourth-order valence-electron chi connectivity index (χ4n) is 1.04. The first kappa shape index (κ1) is 12.5. The standard InChI is InChI=1S/C11H10ClFN2O/c1-2-3-9(14)11(16)15-10-6-7(13)4-5-8(10)12/h1,4-6,9H,3,14H2,(H,15,16). The van der Waals surface area contributed by atoms with Crippen LogP contribution in [0.5, 0.6) is 0 Å². The Morgan fingerprint density at radius 1 is 1.69 bits per heavy atom. The molecule has 3 nitrogen and oxygen atoms in total. The summed E-state index contributed by atoms with van der Waals surface area (Å²) in [5, 5.41) is 2.64. The molecule has 16 heavy (non-hydrogen) atoms. The molecule has 0 aliphatic heterocycles. The third-order valence-corrected chi connectivity index (χ3v) is 2.19. The Bertz CT molecular complexity index is 442. The van der Waals surface area contributed by atoms with E-state index in [1.165, 1.54) is 12.1 Å². The largest absolute Gasteiger partial charge is 0.323 e. The molecule has 0 aromatic heterocycles. The number of hydrogen-bond donors (Lipinski definition) is 2. The van der Waals surface area contributed by atoms with Crippen LogP contribution in [-0.4, -0.2) is 11.9 Å². The summed E-state index contributed by atoms with van der Waals surface area (Å²) in [4.78, 5) is 11.5. The van der Waals surface area contributed by atoms with E-state index in [1.54, 1.807) is 0 Å². The number of carbonyl (C=O) groups excluding carboxylic acids is 1. The van der Waals surface area contributed by atoms with E-state index in [4.69, 9.17) is 23.8 Å². The van der Waals surface area contributed by atoms with Gasteiger partial charge in [-0.05, 0) is 18.2 Å². The molecule has 0 saturated heterocycles. The van der Waals surface area contributed by atoms with Gasteiger partial charge in [-0.2, -0.15) is 0 Å². The van der Waals surface area contributed by atoms with Crippen molar-refractivity contribution in [3.63, 3.8) is 0 Å². The molecule has 0 bridgehead atoms. The molecule has 0 fully saturated rings. The highest BCUT2D eigenvalue weighted by Gasteiger charge is 2.13. The van der Waals surface area contributed by atoms with Gasteiger partial charge >= 0.3 is 0 Å². The van der Waals surface area contributed by atoms with Crippen molar-refractivity contribution < 1.29 is 9.18 Å². The van der Waals surface area contributed by atoms with Gasteiger partial charge in [0.25, 0.3) is 0 Å². The van der Waals surface area contributed by atoms with Gasteiger partial charge in [0.05, 0.1) is 16.8 Å². The molecule has 5 heteroatoms. The Balaban J connectivity index is 2.77. The van der Waals surface area contributed by atoms with Crippen LogP contribution in [0.15, 0.2) is 18.2 Å².